The maximum absolute atomic E-state index is 11.9. The van der Waals surface area contributed by atoms with Crippen molar-refractivity contribution in [1.29, 1.82) is 0 Å². The van der Waals surface area contributed by atoms with Gasteiger partial charge in [-0.15, -0.1) is 0 Å². The van der Waals surface area contributed by atoms with E-state index in [-0.39, 0.29) is 5.91 Å². The monoisotopic (exact) mass is 283 g/mol. The molecule has 106 valence electrons. The van der Waals surface area contributed by atoms with Crippen molar-refractivity contribution < 1.29 is 4.79 Å². The fraction of sp³-hybridized carbons (Fsp3) is 0.571. The molecular weight excluding hydrogens is 262 g/mol. The van der Waals surface area contributed by atoms with Crippen LogP contribution < -0.4 is 10.6 Å². The highest BCUT2D eigenvalue weighted by Gasteiger charge is 2.09. The summed E-state index contributed by atoms with van der Waals surface area (Å²) in [5, 5.41) is 6.38. The third-order valence-corrected chi connectivity index (χ3v) is 2.98. The summed E-state index contributed by atoms with van der Waals surface area (Å²) in [6, 6.07) is 1.64. The van der Waals surface area contributed by atoms with Crippen LogP contribution in [0.2, 0.25) is 5.02 Å². The van der Waals surface area contributed by atoms with Crippen LogP contribution in [0.1, 0.15) is 44.0 Å². The molecule has 1 rings (SSSR count). The second kappa shape index (κ2) is 8.00. The van der Waals surface area contributed by atoms with Gasteiger partial charge in [0.1, 0.15) is 5.82 Å². The van der Waals surface area contributed by atoms with E-state index in [1.165, 1.54) is 0 Å². The Kier molecular flexibility index (Phi) is 6.64. The van der Waals surface area contributed by atoms with E-state index in [4.69, 9.17) is 11.6 Å². The Labute approximate surface area is 120 Å². The zero-order valence-corrected chi connectivity index (χ0v) is 12.5. The van der Waals surface area contributed by atoms with Crippen molar-refractivity contribution in [3.05, 3.63) is 22.8 Å². The summed E-state index contributed by atoms with van der Waals surface area (Å²) in [7, 11) is 0. The first-order chi connectivity index (χ1) is 9.04. The molecule has 0 aromatic carbocycles. The number of carbonyl (C=O) groups is 1. The van der Waals surface area contributed by atoms with Gasteiger partial charge in [0.2, 0.25) is 0 Å². The van der Waals surface area contributed by atoms with Crippen molar-refractivity contribution in [3.63, 3.8) is 0 Å². The number of halogens is 1. The Bertz CT molecular complexity index is 421. The Hall–Kier alpha value is -1.29. The summed E-state index contributed by atoms with van der Waals surface area (Å²) in [6.45, 7) is 7.74. The summed E-state index contributed by atoms with van der Waals surface area (Å²) in [5.41, 5.74) is 0.496. The lowest BCUT2D eigenvalue weighted by Crippen LogP contribution is -2.24. The van der Waals surface area contributed by atoms with Crippen molar-refractivity contribution in [2.75, 3.05) is 18.4 Å². The van der Waals surface area contributed by atoms with Crippen LogP contribution in [0.15, 0.2) is 12.3 Å². The number of nitrogens with one attached hydrogen (secondary N) is 2. The van der Waals surface area contributed by atoms with Crippen molar-refractivity contribution >= 4 is 23.3 Å². The van der Waals surface area contributed by atoms with Crippen LogP contribution in [0.25, 0.3) is 0 Å². The van der Waals surface area contributed by atoms with Crippen LogP contribution in [0.4, 0.5) is 5.82 Å². The minimum absolute atomic E-state index is 0.124. The van der Waals surface area contributed by atoms with Crippen molar-refractivity contribution in [2.45, 2.75) is 33.6 Å². The number of amides is 1. The first kappa shape index (κ1) is 15.8. The minimum atomic E-state index is -0.124. The molecule has 0 aliphatic carbocycles. The van der Waals surface area contributed by atoms with Gasteiger partial charge < -0.3 is 10.6 Å². The number of pyridine rings is 1. The number of aromatic nitrogens is 1. The van der Waals surface area contributed by atoms with Crippen LogP contribution in [0.3, 0.4) is 0 Å². The molecule has 0 saturated carbocycles. The summed E-state index contributed by atoms with van der Waals surface area (Å²) in [4.78, 5) is 16.0. The van der Waals surface area contributed by atoms with E-state index >= 15 is 0 Å². The van der Waals surface area contributed by atoms with Gasteiger partial charge in [0.05, 0.1) is 10.6 Å². The zero-order chi connectivity index (χ0) is 14.3. The lowest BCUT2D eigenvalue weighted by molar-refractivity contribution is 0.0952. The molecule has 4 nitrogen and oxygen atoms in total. The van der Waals surface area contributed by atoms with Crippen LogP contribution >= 0.6 is 11.6 Å². The van der Waals surface area contributed by atoms with Crippen molar-refractivity contribution in [3.8, 4) is 0 Å². The Morgan fingerprint density at radius 3 is 2.79 bits per heavy atom. The summed E-state index contributed by atoms with van der Waals surface area (Å²) < 4.78 is 0. The maximum Gasteiger partial charge on any atom is 0.252 e. The number of nitrogens with zero attached hydrogens (tertiary/aromatic N) is 1. The smallest absolute Gasteiger partial charge is 0.252 e. The van der Waals surface area contributed by atoms with Gasteiger partial charge in [0.25, 0.3) is 5.91 Å². The molecule has 1 aromatic rings. The van der Waals surface area contributed by atoms with E-state index in [0.717, 1.165) is 19.4 Å². The average molecular weight is 284 g/mol. The molecule has 1 aromatic heterocycles. The van der Waals surface area contributed by atoms with Crippen LogP contribution in [-0.2, 0) is 0 Å². The van der Waals surface area contributed by atoms with Gasteiger partial charge >= 0.3 is 0 Å². The lowest BCUT2D eigenvalue weighted by atomic mass is 10.1. The fourth-order valence-corrected chi connectivity index (χ4v) is 1.91. The standard InChI is InChI=1S/C14H22ClN3O/c1-4-16-13-12(15)8-11(9-18-13)14(19)17-7-5-6-10(2)3/h8-10H,4-7H2,1-3H3,(H,16,18)(H,17,19). The molecule has 0 bridgehead atoms. The third kappa shape index (κ3) is 5.47. The van der Waals surface area contributed by atoms with Crippen molar-refractivity contribution in [2.24, 2.45) is 5.92 Å². The van der Waals surface area contributed by atoms with Gasteiger partial charge in [-0.05, 0) is 31.7 Å². The van der Waals surface area contributed by atoms with E-state index in [2.05, 4.69) is 29.5 Å². The number of hydrogen-bond acceptors (Lipinski definition) is 3. The predicted molar refractivity (Wildman–Crippen MR) is 79.8 cm³/mol. The quantitative estimate of drug-likeness (QED) is 0.755. The molecule has 0 radical (unpaired) electrons. The predicted octanol–water partition coefficient (Wildman–Crippen LogP) is 3.33. The van der Waals surface area contributed by atoms with Crippen LogP contribution in [0, 0.1) is 5.92 Å². The molecule has 0 aliphatic heterocycles. The normalized spacial score (nSPS) is 10.6. The van der Waals surface area contributed by atoms with Gasteiger partial charge in [-0.2, -0.15) is 0 Å². The molecule has 19 heavy (non-hydrogen) atoms. The lowest BCUT2D eigenvalue weighted by Gasteiger charge is -2.09. The molecule has 0 spiro atoms. The number of carbonyl (C=O) groups excluding carboxylic acids is 1. The fourth-order valence-electron chi connectivity index (χ4n) is 1.67. The molecule has 1 heterocycles. The second-order valence-corrected chi connectivity index (χ2v) is 5.28. The molecule has 0 saturated heterocycles. The summed E-state index contributed by atoms with van der Waals surface area (Å²) in [5.74, 6) is 1.15. The molecule has 0 unspecified atom stereocenters. The van der Waals surface area contributed by atoms with E-state index in [0.29, 0.717) is 28.9 Å². The highest BCUT2D eigenvalue weighted by Crippen LogP contribution is 2.19. The Morgan fingerprint density at radius 1 is 1.47 bits per heavy atom. The summed E-state index contributed by atoms with van der Waals surface area (Å²) >= 11 is 6.05. The van der Waals surface area contributed by atoms with E-state index in [9.17, 15) is 4.79 Å². The number of anilines is 1. The molecule has 5 heteroatoms. The average Bonchev–Trinajstić information content (AvgIpc) is 2.36. The van der Waals surface area contributed by atoms with Gasteiger partial charge in [-0.1, -0.05) is 25.4 Å². The Balaban J connectivity index is 2.50. The van der Waals surface area contributed by atoms with Gasteiger partial charge in [-0.25, -0.2) is 4.98 Å². The van der Waals surface area contributed by atoms with Crippen LogP contribution in [0.5, 0.6) is 0 Å². The van der Waals surface area contributed by atoms with Gasteiger partial charge in [0.15, 0.2) is 0 Å². The topological polar surface area (TPSA) is 54.0 Å². The molecule has 0 atom stereocenters. The number of hydrogen-bond donors (Lipinski definition) is 2. The number of rotatable bonds is 7. The van der Waals surface area contributed by atoms with E-state index in [1.54, 1.807) is 12.3 Å². The van der Waals surface area contributed by atoms with E-state index < -0.39 is 0 Å². The highest BCUT2D eigenvalue weighted by atomic mass is 35.5. The molecule has 0 aliphatic rings. The van der Waals surface area contributed by atoms with Gasteiger partial charge in [-0.3, -0.25) is 4.79 Å². The SMILES string of the molecule is CCNc1ncc(C(=O)NCCCC(C)C)cc1Cl. The summed E-state index contributed by atoms with van der Waals surface area (Å²) in [6.07, 6.45) is 3.64. The maximum atomic E-state index is 11.9. The minimum Gasteiger partial charge on any atom is -0.369 e. The Morgan fingerprint density at radius 2 is 2.21 bits per heavy atom. The largest absolute Gasteiger partial charge is 0.369 e. The molecule has 2 N–H and O–H groups in total. The zero-order valence-electron chi connectivity index (χ0n) is 11.8. The second-order valence-electron chi connectivity index (χ2n) is 4.88. The highest BCUT2D eigenvalue weighted by molar-refractivity contribution is 6.33. The molecular formula is C14H22ClN3O. The van der Waals surface area contributed by atoms with Gasteiger partial charge in [0, 0.05) is 19.3 Å². The first-order valence-electron chi connectivity index (χ1n) is 6.72. The first-order valence-corrected chi connectivity index (χ1v) is 7.10. The van der Waals surface area contributed by atoms with Crippen molar-refractivity contribution in [1.82, 2.24) is 10.3 Å². The van der Waals surface area contributed by atoms with Crippen LogP contribution in [-0.4, -0.2) is 24.0 Å². The molecule has 0 fully saturated rings. The van der Waals surface area contributed by atoms with E-state index in [1.807, 2.05) is 6.92 Å². The third-order valence-electron chi connectivity index (χ3n) is 2.69. The molecule has 1 amide bonds.